The van der Waals surface area contributed by atoms with Gasteiger partial charge in [0.2, 0.25) is 5.91 Å². The molecule has 1 aliphatic rings. The van der Waals surface area contributed by atoms with Crippen LogP contribution in [0.3, 0.4) is 0 Å². The number of aliphatic hydroxyl groups excluding tert-OH is 1. The summed E-state index contributed by atoms with van der Waals surface area (Å²) >= 11 is 7.54. The molecule has 0 spiro atoms. The van der Waals surface area contributed by atoms with Gasteiger partial charge in [0.1, 0.15) is 0 Å². The van der Waals surface area contributed by atoms with E-state index in [0.717, 1.165) is 24.2 Å². The summed E-state index contributed by atoms with van der Waals surface area (Å²) < 4.78 is 0. The van der Waals surface area contributed by atoms with E-state index in [1.807, 2.05) is 31.2 Å². The van der Waals surface area contributed by atoms with Gasteiger partial charge in [-0.25, -0.2) is 0 Å². The molecule has 1 aromatic rings. The summed E-state index contributed by atoms with van der Waals surface area (Å²) in [6, 6.07) is 7.52. The molecule has 1 amide bonds. The Kier molecular flexibility index (Phi) is 5.75. The van der Waals surface area contributed by atoms with Crippen molar-refractivity contribution in [3.05, 3.63) is 29.3 Å². The third kappa shape index (κ3) is 4.14. The fourth-order valence-electron chi connectivity index (χ4n) is 2.42. The van der Waals surface area contributed by atoms with Crippen molar-refractivity contribution in [3.8, 4) is 0 Å². The van der Waals surface area contributed by atoms with Crippen LogP contribution in [0.2, 0.25) is 5.02 Å². The molecular formula is C15H20ClNO2S. The van der Waals surface area contributed by atoms with E-state index in [1.54, 1.807) is 0 Å². The molecule has 0 heterocycles. The van der Waals surface area contributed by atoms with Crippen molar-refractivity contribution >= 4 is 29.3 Å². The van der Waals surface area contributed by atoms with Gasteiger partial charge in [-0.05, 0) is 31.9 Å². The maximum atomic E-state index is 12.1. The normalized spacial score (nSPS) is 23.6. The van der Waals surface area contributed by atoms with Crippen molar-refractivity contribution < 1.29 is 9.90 Å². The molecule has 0 aromatic heterocycles. The largest absolute Gasteiger partial charge is 0.393 e. The van der Waals surface area contributed by atoms with Gasteiger partial charge in [0.25, 0.3) is 0 Å². The van der Waals surface area contributed by atoms with Gasteiger partial charge in [0.15, 0.2) is 0 Å². The number of thioether (sulfide) groups is 1. The van der Waals surface area contributed by atoms with Crippen LogP contribution in [0.5, 0.6) is 0 Å². The fourth-order valence-corrected chi connectivity index (χ4v) is 3.59. The van der Waals surface area contributed by atoms with Crippen molar-refractivity contribution in [2.75, 3.05) is 6.54 Å². The number of carbonyl (C=O) groups is 1. The van der Waals surface area contributed by atoms with Crippen LogP contribution in [0, 0.1) is 5.92 Å². The number of nitrogens with one attached hydrogen (secondary N) is 1. The molecule has 1 saturated carbocycles. The lowest BCUT2D eigenvalue weighted by atomic mass is 10.1. The summed E-state index contributed by atoms with van der Waals surface area (Å²) in [4.78, 5) is 13.0. The Labute approximate surface area is 129 Å². The minimum Gasteiger partial charge on any atom is -0.393 e. The summed E-state index contributed by atoms with van der Waals surface area (Å²) in [6.07, 6.45) is 2.63. The fraction of sp³-hybridized carbons (Fsp3) is 0.533. The molecule has 3 atom stereocenters. The topological polar surface area (TPSA) is 49.3 Å². The molecule has 0 radical (unpaired) electrons. The van der Waals surface area contributed by atoms with Crippen molar-refractivity contribution in [1.29, 1.82) is 0 Å². The number of benzene rings is 1. The molecule has 1 aliphatic carbocycles. The average molecular weight is 314 g/mol. The number of rotatable bonds is 5. The number of amides is 1. The standard InChI is InChI=1S/C15H20ClNO2S/c1-10(20-14-8-3-2-6-12(14)16)15(19)17-9-11-5-4-7-13(11)18/h2-3,6,8,10-11,13,18H,4-5,7,9H2,1H3,(H,17,19). The van der Waals surface area contributed by atoms with E-state index < -0.39 is 0 Å². The summed E-state index contributed by atoms with van der Waals surface area (Å²) in [7, 11) is 0. The van der Waals surface area contributed by atoms with Crippen LogP contribution in [-0.2, 0) is 4.79 Å². The van der Waals surface area contributed by atoms with Gasteiger partial charge in [-0.15, -0.1) is 11.8 Å². The van der Waals surface area contributed by atoms with Gasteiger partial charge >= 0.3 is 0 Å². The lowest BCUT2D eigenvalue weighted by Crippen LogP contribution is -2.36. The molecule has 2 N–H and O–H groups in total. The van der Waals surface area contributed by atoms with Gasteiger partial charge < -0.3 is 10.4 Å². The van der Waals surface area contributed by atoms with Crippen molar-refractivity contribution in [1.82, 2.24) is 5.32 Å². The van der Waals surface area contributed by atoms with Crippen LogP contribution in [0.1, 0.15) is 26.2 Å². The van der Waals surface area contributed by atoms with Gasteiger partial charge in [-0.2, -0.15) is 0 Å². The van der Waals surface area contributed by atoms with Crippen molar-refractivity contribution in [3.63, 3.8) is 0 Å². The third-order valence-electron chi connectivity index (χ3n) is 3.67. The SMILES string of the molecule is CC(Sc1ccccc1Cl)C(=O)NCC1CCCC1O. The summed E-state index contributed by atoms with van der Waals surface area (Å²) in [5.41, 5.74) is 0. The smallest absolute Gasteiger partial charge is 0.233 e. The average Bonchev–Trinajstić information content (AvgIpc) is 2.84. The van der Waals surface area contributed by atoms with E-state index in [9.17, 15) is 9.90 Å². The molecule has 0 aliphatic heterocycles. The van der Waals surface area contributed by atoms with Crippen LogP contribution in [0.4, 0.5) is 0 Å². The van der Waals surface area contributed by atoms with Crippen LogP contribution in [0.15, 0.2) is 29.2 Å². The Morgan fingerprint density at radius 1 is 1.50 bits per heavy atom. The second kappa shape index (κ2) is 7.34. The number of halogens is 1. The highest BCUT2D eigenvalue weighted by Gasteiger charge is 2.26. The quantitative estimate of drug-likeness (QED) is 0.821. The van der Waals surface area contributed by atoms with Crippen molar-refractivity contribution in [2.45, 2.75) is 42.4 Å². The molecule has 5 heteroatoms. The van der Waals surface area contributed by atoms with E-state index in [0.29, 0.717) is 11.6 Å². The monoisotopic (exact) mass is 313 g/mol. The highest BCUT2D eigenvalue weighted by molar-refractivity contribution is 8.00. The van der Waals surface area contributed by atoms with Crippen LogP contribution in [0.25, 0.3) is 0 Å². The number of hydrogen-bond donors (Lipinski definition) is 2. The van der Waals surface area contributed by atoms with Crippen LogP contribution < -0.4 is 5.32 Å². The van der Waals surface area contributed by atoms with E-state index in [4.69, 9.17) is 11.6 Å². The second-order valence-corrected chi connectivity index (χ2v) is 6.98. The predicted octanol–water partition coefficient (Wildman–Crippen LogP) is 3.10. The van der Waals surface area contributed by atoms with E-state index in [2.05, 4.69) is 5.32 Å². The Morgan fingerprint density at radius 3 is 2.90 bits per heavy atom. The molecule has 0 saturated heterocycles. The summed E-state index contributed by atoms with van der Waals surface area (Å²) in [6.45, 7) is 2.43. The second-order valence-electron chi connectivity index (χ2n) is 5.19. The molecule has 3 unspecified atom stereocenters. The highest BCUT2D eigenvalue weighted by atomic mass is 35.5. The molecule has 110 valence electrons. The maximum absolute atomic E-state index is 12.1. The van der Waals surface area contributed by atoms with Gasteiger partial charge in [0, 0.05) is 17.4 Å². The zero-order chi connectivity index (χ0) is 14.5. The summed E-state index contributed by atoms with van der Waals surface area (Å²) in [5.74, 6) is 0.200. The zero-order valence-corrected chi connectivity index (χ0v) is 13.1. The first-order chi connectivity index (χ1) is 9.58. The first kappa shape index (κ1) is 15.7. The van der Waals surface area contributed by atoms with Crippen molar-refractivity contribution in [2.24, 2.45) is 5.92 Å². The molecule has 1 aromatic carbocycles. The van der Waals surface area contributed by atoms with Crippen LogP contribution >= 0.6 is 23.4 Å². The predicted molar refractivity (Wildman–Crippen MR) is 83.1 cm³/mol. The first-order valence-corrected chi connectivity index (χ1v) is 8.20. The lowest BCUT2D eigenvalue weighted by molar-refractivity contribution is -0.120. The number of carbonyl (C=O) groups excluding carboxylic acids is 1. The van der Waals surface area contributed by atoms with Gasteiger partial charge in [-0.1, -0.05) is 30.2 Å². The molecule has 2 rings (SSSR count). The Morgan fingerprint density at radius 2 is 2.25 bits per heavy atom. The van der Waals surface area contributed by atoms with E-state index in [1.165, 1.54) is 11.8 Å². The zero-order valence-electron chi connectivity index (χ0n) is 11.5. The van der Waals surface area contributed by atoms with E-state index >= 15 is 0 Å². The molecule has 1 fully saturated rings. The van der Waals surface area contributed by atoms with Gasteiger partial charge in [-0.3, -0.25) is 4.79 Å². The number of hydrogen-bond acceptors (Lipinski definition) is 3. The maximum Gasteiger partial charge on any atom is 0.233 e. The third-order valence-corrected chi connectivity index (χ3v) is 5.29. The molecular weight excluding hydrogens is 294 g/mol. The Balaban J connectivity index is 1.81. The summed E-state index contributed by atoms with van der Waals surface area (Å²) in [5, 5.41) is 13.1. The number of aliphatic hydroxyl groups is 1. The van der Waals surface area contributed by atoms with E-state index in [-0.39, 0.29) is 23.2 Å². The highest BCUT2D eigenvalue weighted by Crippen LogP contribution is 2.30. The molecule has 0 bridgehead atoms. The first-order valence-electron chi connectivity index (χ1n) is 6.95. The Bertz CT molecular complexity index is 469. The van der Waals surface area contributed by atoms with Crippen LogP contribution in [-0.4, -0.2) is 28.9 Å². The minimum absolute atomic E-state index is 0.00554. The molecule has 20 heavy (non-hydrogen) atoms. The molecule has 3 nitrogen and oxygen atoms in total. The van der Waals surface area contributed by atoms with Gasteiger partial charge in [0.05, 0.1) is 16.4 Å². The lowest BCUT2D eigenvalue weighted by Gasteiger charge is -2.17. The Hall–Kier alpha value is -0.710. The minimum atomic E-state index is -0.262.